The summed E-state index contributed by atoms with van der Waals surface area (Å²) in [6.45, 7) is 1.09. The van der Waals surface area contributed by atoms with E-state index in [9.17, 15) is 33.6 Å². The Bertz CT molecular complexity index is 438. The van der Waals surface area contributed by atoms with Crippen LogP contribution in [0.4, 0.5) is 0 Å². The van der Waals surface area contributed by atoms with Gasteiger partial charge in [0, 0.05) is 6.92 Å². The van der Waals surface area contributed by atoms with Crippen LogP contribution < -0.4 is 5.32 Å². The van der Waals surface area contributed by atoms with Gasteiger partial charge in [-0.05, 0) is 0 Å². The summed E-state index contributed by atoms with van der Waals surface area (Å²) in [6.07, 6.45) is -7.58. The maximum Gasteiger partial charge on any atom is 0.294 e. The molecule has 1 amide bonds. The van der Waals surface area contributed by atoms with E-state index in [0.29, 0.717) is 0 Å². The van der Waals surface area contributed by atoms with Crippen molar-refractivity contribution in [1.29, 1.82) is 0 Å². The molecule has 0 aliphatic carbocycles. The maximum absolute atomic E-state index is 10.8. The maximum atomic E-state index is 10.8. The quantitative estimate of drug-likeness (QED) is 0.285. The summed E-state index contributed by atoms with van der Waals surface area (Å²) in [6, 6.07) is -1.41. The second-order valence-electron chi connectivity index (χ2n) is 4.10. The number of aliphatic hydroxyl groups is 4. The molecule has 0 aromatic heterocycles. The van der Waals surface area contributed by atoms with Crippen molar-refractivity contribution in [2.24, 2.45) is 0 Å². The molecule has 112 valence electrons. The third-order valence-electron chi connectivity index (χ3n) is 2.61. The number of hydrogen-bond donors (Lipinski definition) is 6. The zero-order valence-electron chi connectivity index (χ0n) is 9.74. The molecule has 11 heteroatoms. The van der Waals surface area contributed by atoms with Crippen molar-refractivity contribution in [3.63, 3.8) is 0 Å². The van der Waals surface area contributed by atoms with Crippen LogP contribution in [0, 0.1) is 0 Å². The molecule has 1 fully saturated rings. The van der Waals surface area contributed by atoms with Crippen LogP contribution in [-0.4, -0.2) is 75.4 Å². The van der Waals surface area contributed by atoms with Crippen molar-refractivity contribution in [1.82, 2.24) is 5.32 Å². The number of carbonyl (C=O) groups excluding carboxylic acids is 1. The van der Waals surface area contributed by atoms with Gasteiger partial charge in [0.1, 0.15) is 24.4 Å². The SMILES string of the molecule is CC(=O)N[C@@H]1C(O)O[C@H](C(O)S(=O)(=O)O)[C@@H](O)[C@@H]1O. The van der Waals surface area contributed by atoms with Gasteiger partial charge >= 0.3 is 0 Å². The Morgan fingerprint density at radius 3 is 2.21 bits per heavy atom. The van der Waals surface area contributed by atoms with Gasteiger partial charge in [-0.1, -0.05) is 0 Å². The van der Waals surface area contributed by atoms with Gasteiger partial charge < -0.3 is 30.5 Å². The monoisotopic (exact) mass is 301 g/mol. The molecule has 19 heavy (non-hydrogen) atoms. The van der Waals surface area contributed by atoms with Crippen LogP contribution in [0.15, 0.2) is 0 Å². The Balaban J connectivity index is 2.91. The van der Waals surface area contributed by atoms with E-state index in [1.807, 2.05) is 0 Å². The van der Waals surface area contributed by atoms with Crippen molar-refractivity contribution in [2.45, 2.75) is 43.0 Å². The normalized spacial score (nSPS) is 37.7. The standard InChI is InChI=1S/C8H15NO9S/c1-2(10)9-3-4(11)5(12)6(18-7(3)13)8(14)19(15,16)17/h3-8,11-14H,1H3,(H,9,10)(H,15,16,17)/t3-,4+,5-,6-,7?,8?/m0/s1. The van der Waals surface area contributed by atoms with E-state index >= 15 is 0 Å². The first-order valence-corrected chi connectivity index (χ1v) is 6.67. The van der Waals surface area contributed by atoms with Crippen LogP contribution >= 0.6 is 0 Å². The summed E-state index contributed by atoms with van der Waals surface area (Å²) in [5.74, 6) is -0.632. The third-order valence-corrected chi connectivity index (χ3v) is 3.49. The lowest BCUT2D eigenvalue weighted by Crippen LogP contribution is -2.66. The molecule has 1 aliphatic rings. The highest BCUT2D eigenvalue weighted by Gasteiger charge is 2.49. The Labute approximate surface area is 108 Å². The zero-order valence-corrected chi connectivity index (χ0v) is 10.6. The van der Waals surface area contributed by atoms with Crippen molar-refractivity contribution < 1.29 is 42.9 Å². The summed E-state index contributed by atoms with van der Waals surface area (Å²) < 4.78 is 34.7. The second-order valence-corrected chi connectivity index (χ2v) is 5.62. The Morgan fingerprint density at radius 2 is 1.79 bits per heavy atom. The molecule has 0 aromatic rings. The molecule has 0 spiro atoms. The molecule has 0 radical (unpaired) electrons. The minimum absolute atomic E-state index is 0.632. The van der Waals surface area contributed by atoms with Crippen LogP contribution in [0.5, 0.6) is 0 Å². The highest BCUT2D eigenvalue weighted by Crippen LogP contribution is 2.23. The molecule has 1 rings (SSSR count). The predicted molar refractivity (Wildman–Crippen MR) is 58.1 cm³/mol. The Morgan fingerprint density at radius 1 is 1.26 bits per heavy atom. The molecule has 1 saturated heterocycles. The predicted octanol–water partition coefficient (Wildman–Crippen LogP) is -3.86. The van der Waals surface area contributed by atoms with E-state index in [4.69, 9.17) is 4.55 Å². The number of hydrogen-bond acceptors (Lipinski definition) is 8. The molecule has 0 aromatic carbocycles. The molecule has 2 unspecified atom stereocenters. The fraction of sp³-hybridized carbons (Fsp3) is 0.875. The second kappa shape index (κ2) is 5.66. The lowest BCUT2D eigenvalue weighted by atomic mass is 9.97. The summed E-state index contributed by atoms with van der Waals surface area (Å²) in [5.41, 5.74) is -2.55. The van der Waals surface area contributed by atoms with Gasteiger partial charge in [0.25, 0.3) is 10.1 Å². The first-order valence-electron chi connectivity index (χ1n) is 5.17. The molecule has 0 saturated carbocycles. The van der Waals surface area contributed by atoms with Crippen molar-refractivity contribution >= 4 is 16.0 Å². The molecule has 10 nitrogen and oxygen atoms in total. The highest BCUT2D eigenvalue weighted by molar-refractivity contribution is 7.86. The fourth-order valence-electron chi connectivity index (χ4n) is 1.70. The Hall–Kier alpha value is -0.820. The van der Waals surface area contributed by atoms with Crippen LogP contribution in [0.2, 0.25) is 0 Å². The van der Waals surface area contributed by atoms with E-state index < -0.39 is 52.1 Å². The minimum Gasteiger partial charge on any atom is -0.388 e. The smallest absolute Gasteiger partial charge is 0.294 e. The molecular formula is C8H15NO9S. The van der Waals surface area contributed by atoms with Crippen molar-refractivity contribution in [2.75, 3.05) is 0 Å². The summed E-state index contributed by atoms with van der Waals surface area (Å²) in [7, 11) is -4.96. The lowest BCUT2D eigenvalue weighted by molar-refractivity contribution is -0.258. The number of aliphatic hydroxyl groups excluding tert-OH is 4. The van der Waals surface area contributed by atoms with E-state index in [1.165, 1.54) is 0 Å². The molecule has 6 atom stereocenters. The van der Waals surface area contributed by atoms with Crippen molar-refractivity contribution in [3.8, 4) is 0 Å². The Kier molecular flexibility index (Phi) is 4.84. The number of amides is 1. The molecule has 1 aliphatic heterocycles. The first kappa shape index (κ1) is 16.2. The van der Waals surface area contributed by atoms with Gasteiger partial charge in [-0.2, -0.15) is 8.42 Å². The average molecular weight is 301 g/mol. The van der Waals surface area contributed by atoms with E-state index in [1.54, 1.807) is 0 Å². The first-order chi connectivity index (χ1) is 8.55. The molecular weight excluding hydrogens is 286 g/mol. The third kappa shape index (κ3) is 3.60. The lowest BCUT2D eigenvalue weighted by Gasteiger charge is -2.41. The van der Waals surface area contributed by atoms with Crippen LogP contribution in [0.25, 0.3) is 0 Å². The van der Waals surface area contributed by atoms with E-state index in [0.717, 1.165) is 6.92 Å². The van der Waals surface area contributed by atoms with Crippen LogP contribution in [0.3, 0.4) is 0 Å². The van der Waals surface area contributed by atoms with Gasteiger partial charge in [-0.3, -0.25) is 9.35 Å². The molecule has 6 N–H and O–H groups in total. The highest BCUT2D eigenvalue weighted by atomic mass is 32.2. The number of carbonyl (C=O) groups is 1. The van der Waals surface area contributed by atoms with Gasteiger partial charge in [0.05, 0.1) is 0 Å². The summed E-state index contributed by atoms with van der Waals surface area (Å²) >= 11 is 0. The van der Waals surface area contributed by atoms with Gasteiger partial charge in [-0.25, -0.2) is 0 Å². The largest absolute Gasteiger partial charge is 0.388 e. The molecule has 0 bridgehead atoms. The number of ether oxygens (including phenoxy) is 1. The van der Waals surface area contributed by atoms with Crippen molar-refractivity contribution in [3.05, 3.63) is 0 Å². The van der Waals surface area contributed by atoms with Gasteiger partial charge in [0.2, 0.25) is 11.3 Å². The van der Waals surface area contributed by atoms with Crippen LogP contribution in [-0.2, 0) is 19.6 Å². The van der Waals surface area contributed by atoms with E-state index in [-0.39, 0.29) is 0 Å². The zero-order chi connectivity index (χ0) is 15.0. The fourth-order valence-corrected chi connectivity index (χ4v) is 2.26. The average Bonchev–Trinajstić information content (AvgIpc) is 2.27. The van der Waals surface area contributed by atoms with Gasteiger partial charge in [-0.15, -0.1) is 0 Å². The van der Waals surface area contributed by atoms with Crippen LogP contribution in [0.1, 0.15) is 6.92 Å². The summed E-state index contributed by atoms with van der Waals surface area (Å²) in [4.78, 5) is 10.8. The minimum atomic E-state index is -4.96. The topological polar surface area (TPSA) is 174 Å². The number of rotatable bonds is 3. The summed E-state index contributed by atoms with van der Waals surface area (Å²) in [5, 5.41) is 40.1. The molecule has 1 heterocycles. The van der Waals surface area contributed by atoms with Gasteiger partial charge in [0.15, 0.2) is 6.29 Å². The van der Waals surface area contributed by atoms with E-state index in [2.05, 4.69) is 10.1 Å². The number of nitrogens with one attached hydrogen (secondary N) is 1.